The summed E-state index contributed by atoms with van der Waals surface area (Å²) in [5, 5.41) is 2.42. The highest BCUT2D eigenvalue weighted by Gasteiger charge is 2.25. The van der Waals surface area contributed by atoms with Crippen molar-refractivity contribution >= 4 is 38.0 Å². The Hall–Kier alpha value is -3.08. The lowest BCUT2D eigenvalue weighted by Gasteiger charge is -2.32. The summed E-state index contributed by atoms with van der Waals surface area (Å²) in [4.78, 5) is 37.2. The predicted molar refractivity (Wildman–Crippen MR) is 143 cm³/mol. The number of carbonyl (C=O) groups excluding carboxylic acids is 1. The Morgan fingerprint density at radius 1 is 1.17 bits per heavy atom. The number of benzene rings is 1. The molecule has 1 atom stereocenters. The number of likely N-dealkylation sites (N-methyl/N-ethyl adjacent to an activating group) is 1. The molecule has 36 heavy (non-hydrogen) atoms. The Balaban J connectivity index is 1.36. The number of fused-ring (bicyclic) bond motifs is 1. The zero-order valence-electron chi connectivity index (χ0n) is 20.0. The second kappa shape index (κ2) is 10.1. The predicted octanol–water partition coefficient (Wildman–Crippen LogP) is 3.23. The van der Waals surface area contributed by atoms with Crippen molar-refractivity contribution < 1.29 is 13.2 Å². The van der Waals surface area contributed by atoms with Crippen molar-refractivity contribution in [2.24, 2.45) is 0 Å². The first-order valence-corrected chi connectivity index (χ1v) is 14.5. The lowest BCUT2D eigenvalue weighted by molar-refractivity contribution is 0.0664. The molecule has 1 amide bonds. The van der Waals surface area contributed by atoms with E-state index < -0.39 is 15.1 Å². The Morgan fingerprint density at radius 3 is 2.78 bits per heavy atom. The van der Waals surface area contributed by atoms with E-state index in [1.165, 1.54) is 11.3 Å². The van der Waals surface area contributed by atoms with Crippen LogP contribution in [0.25, 0.3) is 22.2 Å². The lowest BCUT2D eigenvalue weighted by atomic mass is 10.1. The molecular weight excluding hydrogens is 496 g/mol. The van der Waals surface area contributed by atoms with E-state index in [2.05, 4.69) is 14.9 Å². The maximum atomic E-state index is 12.9. The van der Waals surface area contributed by atoms with Gasteiger partial charge in [0.1, 0.15) is 10.8 Å². The van der Waals surface area contributed by atoms with Gasteiger partial charge in [0.15, 0.2) is 9.84 Å². The number of rotatable bonds is 5. The van der Waals surface area contributed by atoms with E-state index in [9.17, 15) is 18.0 Å². The number of sulfone groups is 1. The number of hydrogen-bond acceptors (Lipinski definition) is 7. The summed E-state index contributed by atoms with van der Waals surface area (Å²) in [6.45, 7) is 3.03. The third-order valence-corrected chi connectivity index (χ3v) is 9.71. The minimum Gasteiger partial charge on any atom is -0.336 e. The summed E-state index contributed by atoms with van der Waals surface area (Å²) < 4.78 is 25.8. The van der Waals surface area contributed by atoms with Gasteiger partial charge in [0.2, 0.25) is 0 Å². The van der Waals surface area contributed by atoms with Crippen LogP contribution in [0.3, 0.4) is 0 Å². The van der Waals surface area contributed by atoms with E-state index in [1.54, 1.807) is 35.7 Å². The molecule has 1 fully saturated rings. The molecule has 2 aromatic heterocycles. The van der Waals surface area contributed by atoms with Gasteiger partial charge in [-0.05, 0) is 43.5 Å². The van der Waals surface area contributed by atoms with Crippen LogP contribution in [0.15, 0.2) is 58.7 Å². The molecule has 3 heterocycles. The van der Waals surface area contributed by atoms with Crippen LogP contribution in [0.4, 0.5) is 0 Å². The van der Waals surface area contributed by atoms with Crippen LogP contribution < -0.4 is 5.56 Å². The van der Waals surface area contributed by atoms with E-state index in [-0.39, 0.29) is 17.2 Å². The quantitative estimate of drug-likeness (QED) is 0.550. The largest absolute Gasteiger partial charge is 0.336 e. The number of nitrogens with one attached hydrogen (secondary N) is 1. The first kappa shape index (κ1) is 24.6. The maximum Gasteiger partial charge on any atom is 0.257 e. The van der Waals surface area contributed by atoms with Gasteiger partial charge in [0.25, 0.3) is 11.5 Å². The number of H-pyrrole nitrogens is 1. The smallest absolute Gasteiger partial charge is 0.257 e. The molecule has 0 bridgehead atoms. The Kier molecular flexibility index (Phi) is 6.92. The van der Waals surface area contributed by atoms with Crippen LogP contribution >= 0.6 is 11.3 Å². The van der Waals surface area contributed by atoms with Crippen molar-refractivity contribution in [3.05, 3.63) is 74.9 Å². The highest BCUT2D eigenvalue weighted by atomic mass is 32.2. The fourth-order valence-electron chi connectivity index (χ4n) is 4.52. The summed E-state index contributed by atoms with van der Waals surface area (Å²) in [5.74, 6) is -0.199. The minimum absolute atomic E-state index is 0.0421. The van der Waals surface area contributed by atoms with Gasteiger partial charge in [-0.15, -0.1) is 11.3 Å². The van der Waals surface area contributed by atoms with Crippen LogP contribution in [0.2, 0.25) is 0 Å². The van der Waals surface area contributed by atoms with Crippen LogP contribution in [0, 0.1) is 0 Å². The summed E-state index contributed by atoms with van der Waals surface area (Å²) in [6.07, 6.45) is 8.61. The van der Waals surface area contributed by atoms with Crippen molar-refractivity contribution in [3.8, 4) is 11.3 Å². The Morgan fingerprint density at radius 2 is 1.97 bits per heavy atom. The Labute approximate surface area is 213 Å². The lowest BCUT2D eigenvalue weighted by Crippen LogP contribution is -2.47. The Bertz CT molecular complexity index is 1510. The van der Waals surface area contributed by atoms with Crippen molar-refractivity contribution in [3.63, 3.8) is 0 Å². The summed E-state index contributed by atoms with van der Waals surface area (Å²) in [7, 11) is -1.36. The van der Waals surface area contributed by atoms with Gasteiger partial charge in [0, 0.05) is 42.6 Å². The maximum absolute atomic E-state index is 12.9. The van der Waals surface area contributed by atoms with E-state index in [0.29, 0.717) is 46.9 Å². The van der Waals surface area contributed by atoms with E-state index in [0.717, 1.165) is 24.9 Å². The van der Waals surface area contributed by atoms with E-state index in [1.807, 2.05) is 30.2 Å². The molecule has 0 saturated carbocycles. The minimum atomic E-state index is -3.40. The molecule has 188 valence electrons. The van der Waals surface area contributed by atoms with Crippen LogP contribution in [0.1, 0.15) is 28.2 Å². The molecule has 0 radical (unpaired) electrons. The third-order valence-electron chi connectivity index (χ3n) is 6.69. The molecule has 0 spiro atoms. The molecule has 2 aliphatic rings. The number of nitrogens with zero attached hydrogens (tertiary/aromatic N) is 3. The number of aromatic nitrogens is 2. The average Bonchev–Trinajstić information content (AvgIpc) is 3.12. The van der Waals surface area contributed by atoms with Gasteiger partial charge >= 0.3 is 0 Å². The number of thiazole rings is 1. The van der Waals surface area contributed by atoms with E-state index >= 15 is 0 Å². The number of piperazine rings is 1. The second-order valence-corrected chi connectivity index (χ2v) is 12.4. The average molecular weight is 525 g/mol. The van der Waals surface area contributed by atoms with E-state index in [4.69, 9.17) is 0 Å². The van der Waals surface area contributed by atoms with Crippen LogP contribution in [-0.4, -0.2) is 72.6 Å². The highest BCUT2D eigenvalue weighted by Crippen LogP contribution is 2.26. The molecule has 3 aromatic rings. The monoisotopic (exact) mass is 524 g/mol. The van der Waals surface area contributed by atoms with Gasteiger partial charge < -0.3 is 14.8 Å². The van der Waals surface area contributed by atoms with Crippen LogP contribution in [-0.2, 0) is 15.6 Å². The number of hydrogen-bond donors (Lipinski definition) is 1. The first-order chi connectivity index (χ1) is 17.3. The van der Waals surface area contributed by atoms with Crippen molar-refractivity contribution in [1.29, 1.82) is 0 Å². The molecular formula is C26H28N4O4S2. The van der Waals surface area contributed by atoms with Crippen molar-refractivity contribution in [1.82, 2.24) is 19.8 Å². The summed E-state index contributed by atoms with van der Waals surface area (Å²) in [5.41, 5.74) is 1.61. The van der Waals surface area contributed by atoms with Gasteiger partial charge in [-0.25, -0.2) is 13.4 Å². The number of carbonyl (C=O) groups is 1. The fourth-order valence-corrected chi connectivity index (χ4v) is 7.31. The first-order valence-electron chi connectivity index (χ1n) is 11.9. The zero-order valence-corrected chi connectivity index (χ0v) is 21.6. The second-order valence-electron chi connectivity index (χ2n) is 9.27. The van der Waals surface area contributed by atoms with Crippen LogP contribution in [0.5, 0.6) is 0 Å². The fraction of sp³-hybridized carbons (Fsp3) is 0.346. The zero-order chi connectivity index (χ0) is 25.3. The summed E-state index contributed by atoms with van der Waals surface area (Å²) in [6, 6.07) is 7.06. The highest BCUT2D eigenvalue weighted by molar-refractivity contribution is 7.91. The van der Waals surface area contributed by atoms with Gasteiger partial charge in [-0.1, -0.05) is 30.4 Å². The molecule has 1 aliphatic carbocycles. The normalized spacial score (nSPS) is 19.0. The standard InChI is InChI=1S/C26H28N4O4S2/c1-29-10-12-30(13-11-29)26(32)19-9-8-18-14-21(25(31)28-22(18)15-19)23-16-35-24(27-23)17-36(33,34)20-6-4-2-3-5-7-20/h2-4,6,8-9,14-16,20H,5,7,10-13,17H2,1H3,(H,28,31). The van der Waals surface area contributed by atoms with Gasteiger partial charge in [0.05, 0.1) is 16.5 Å². The number of allylic oxidation sites excluding steroid dienone is 3. The molecule has 8 nitrogen and oxygen atoms in total. The molecule has 5 rings (SSSR count). The molecule has 1 aromatic carbocycles. The molecule has 1 aliphatic heterocycles. The topological polar surface area (TPSA) is 103 Å². The number of aromatic amines is 1. The molecule has 10 heteroatoms. The number of pyridine rings is 1. The SMILES string of the molecule is CN1CCN(C(=O)c2ccc3cc(-c4csc(CS(=O)(=O)C5C=CC=CCC5)n4)c(=O)[nH]c3c2)CC1. The number of amides is 1. The molecule has 1 unspecified atom stereocenters. The van der Waals surface area contributed by atoms with Crippen molar-refractivity contribution in [2.45, 2.75) is 23.8 Å². The van der Waals surface area contributed by atoms with Gasteiger partial charge in [-0.2, -0.15) is 0 Å². The molecule has 1 saturated heterocycles. The molecule has 1 N–H and O–H groups in total. The van der Waals surface area contributed by atoms with Crippen molar-refractivity contribution in [2.75, 3.05) is 33.2 Å². The third kappa shape index (κ3) is 5.21. The van der Waals surface area contributed by atoms with Gasteiger partial charge in [-0.3, -0.25) is 9.59 Å². The summed E-state index contributed by atoms with van der Waals surface area (Å²) >= 11 is 1.24.